The second kappa shape index (κ2) is 5.03. The molecule has 2 aromatic rings. The number of thiophene rings is 1. The van der Waals surface area contributed by atoms with Crippen LogP contribution in [0.5, 0.6) is 0 Å². The van der Waals surface area contributed by atoms with Gasteiger partial charge in [0.1, 0.15) is 5.82 Å². The predicted octanol–water partition coefficient (Wildman–Crippen LogP) is 2.92. The van der Waals surface area contributed by atoms with Gasteiger partial charge in [-0.1, -0.05) is 0 Å². The van der Waals surface area contributed by atoms with E-state index in [0.717, 1.165) is 15.9 Å². The highest BCUT2D eigenvalue weighted by molar-refractivity contribution is 9.10. The van der Waals surface area contributed by atoms with Gasteiger partial charge in [-0.05, 0) is 40.8 Å². The number of rotatable bonds is 3. The van der Waals surface area contributed by atoms with E-state index in [-0.39, 0.29) is 6.04 Å². The summed E-state index contributed by atoms with van der Waals surface area (Å²) in [5, 5.41) is 7.40. The van der Waals surface area contributed by atoms with E-state index in [1.54, 1.807) is 11.3 Å². The molecule has 0 saturated carbocycles. The van der Waals surface area contributed by atoms with Crippen LogP contribution < -0.4 is 5.32 Å². The van der Waals surface area contributed by atoms with Gasteiger partial charge >= 0.3 is 0 Å². The summed E-state index contributed by atoms with van der Waals surface area (Å²) in [7, 11) is 1.91. The topological polar surface area (TPSA) is 37.8 Å². The molecule has 5 heteroatoms. The Morgan fingerprint density at radius 2 is 2.00 bits per heavy atom. The average Bonchev–Trinajstić information content (AvgIpc) is 2.69. The molecule has 0 fully saturated rings. The molecular formula is C11H12BrN3S. The highest BCUT2D eigenvalue weighted by Crippen LogP contribution is 2.29. The fourth-order valence-corrected chi connectivity index (χ4v) is 3.02. The third-order valence-electron chi connectivity index (χ3n) is 2.30. The molecule has 16 heavy (non-hydrogen) atoms. The molecule has 1 unspecified atom stereocenters. The summed E-state index contributed by atoms with van der Waals surface area (Å²) in [5.41, 5.74) is 2.25. The zero-order chi connectivity index (χ0) is 11.5. The van der Waals surface area contributed by atoms with Gasteiger partial charge < -0.3 is 5.32 Å². The molecule has 0 spiro atoms. The van der Waals surface area contributed by atoms with E-state index < -0.39 is 0 Å². The van der Waals surface area contributed by atoms with E-state index in [1.807, 2.05) is 26.4 Å². The smallest absolute Gasteiger partial charge is 0.149 e. The second-order valence-electron chi connectivity index (χ2n) is 3.52. The van der Waals surface area contributed by atoms with E-state index in [0.29, 0.717) is 0 Å². The summed E-state index contributed by atoms with van der Waals surface area (Å²) < 4.78 is 1.10. The molecule has 2 aromatic heterocycles. The Hall–Kier alpha value is -0.780. The maximum atomic E-state index is 4.36. The molecule has 1 N–H and O–H groups in total. The molecule has 3 nitrogen and oxygen atoms in total. The van der Waals surface area contributed by atoms with Crippen LogP contribution in [-0.4, -0.2) is 17.0 Å². The van der Waals surface area contributed by atoms with E-state index in [1.165, 1.54) is 5.56 Å². The highest BCUT2D eigenvalue weighted by atomic mass is 79.9. The minimum absolute atomic E-state index is 0.0428. The van der Waals surface area contributed by atoms with Crippen molar-refractivity contribution in [1.29, 1.82) is 0 Å². The molecule has 0 radical (unpaired) electrons. The Bertz CT molecular complexity index is 466. The van der Waals surface area contributed by atoms with E-state index in [9.17, 15) is 0 Å². The van der Waals surface area contributed by atoms with Crippen molar-refractivity contribution in [1.82, 2.24) is 15.3 Å². The first-order valence-corrected chi connectivity index (χ1v) is 6.63. The van der Waals surface area contributed by atoms with Crippen LogP contribution >= 0.6 is 27.3 Å². The molecule has 2 rings (SSSR count). The van der Waals surface area contributed by atoms with Gasteiger partial charge in [0.25, 0.3) is 0 Å². The Labute approximate surface area is 107 Å². The largest absolute Gasteiger partial charge is 0.307 e. The Kier molecular flexibility index (Phi) is 3.68. The van der Waals surface area contributed by atoms with Gasteiger partial charge in [0, 0.05) is 27.8 Å². The number of aryl methyl sites for hydroxylation is 1. The normalized spacial score (nSPS) is 12.7. The standard InChI is InChI=1S/C11H12BrN3S/c1-7-3-14-11(15-4-7)10(13-2)8-5-16-6-9(8)12/h3-6,10,13H,1-2H3. The van der Waals surface area contributed by atoms with Crippen LogP contribution in [0.3, 0.4) is 0 Å². The number of hydrogen-bond acceptors (Lipinski definition) is 4. The van der Waals surface area contributed by atoms with E-state index in [4.69, 9.17) is 0 Å². The first-order valence-electron chi connectivity index (χ1n) is 4.89. The van der Waals surface area contributed by atoms with Crippen molar-refractivity contribution in [3.8, 4) is 0 Å². The summed E-state index contributed by atoms with van der Waals surface area (Å²) in [4.78, 5) is 8.71. The van der Waals surface area contributed by atoms with Gasteiger partial charge in [-0.25, -0.2) is 9.97 Å². The monoisotopic (exact) mass is 297 g/mol. The summed E-state index contributed by atoms with van der Waals surface area (Å²) in [6, 6.07) is 0.0428. The lowest BCUT2D eigenvalue weighted by Gasteiger charge is -2.14. The van der Waals surface area contributed by atoms with E-state index >= 15 is 0 Å². The molecule has 0 amide bonds. The molecule has 0 saturated heterocycles. The van der Waals surface area contributed by atoms with Crippen molar-refractivity contribution in [3.05, 3.63) is 44.6 Å². The number of hydrogen-bond donors (Lipinski definition) is 1. The SMILES string of the molecule is CNC(c1ncc(C)cn1)c1cscc1Br. The third-order valence-corrected chi connectivity index (χ3v) is 4.05. The van der Waals surface area contributed by atoms with Crippen molar-refractivity contribution in [2.75, 3.05) is 7.05 Å². The van der Waals surface area contributed by atoms with Gasteiger partial charge in [0.05, 0.1) is 6.04 Å². The average molecular weight is 298 g/mol. The maximum absolute atomic E-state index is 4.36. The first kappa shape index (κ1) is 11.7. The quantitative estimate of drug-likeness (QED) is 0.947. The minimum Gasteiger partial charge on any atom is -0.307 e. The Balaban J connectivity index is 2.37. The van der Waals surface area contributed by atoms with Gasteiger partial charge in [-0.2, -0.15) is 11.3 Å². The lowest BCUT2D eigenvalue weighted by atomic mass is 10.1. The molecule has 1 atom stereocenters. The minimum atomic E-state index is 0.0428. The van der Waals surface area contributed by atoms with Crippen LogP contribution in [0.25, 0.3) is 0 Å². The molecule has 0 aliphatic rings. The fraction of sp³-hybridized carbons (Fsp3) is 0.273. The predicted molar refractivity (Wildman–Crippen MR) is 69.7 cm³/mol. The van der Waals surface area contributed by atoms with Gasteiger partial charge in [-0.3, -0.25) is 0 Å². The fourth-order valence-electron chi connectivity index (χ4n) is 1.47. The third kappa shape index (κ3) is 2.31. The van der Waals surface area contributed by atoms with Crippen LogP contribution in [-0.2, 0) is 0 Å². The number of aromatic nitrogens is 2. The van der Waals surface area contributed by atoms with Crippen LogP contribution in [0.2, 0.25) is 0 Å². The zero-order valence-electron chi connectivity index (χ0n) is 9.07. The number of halogens is 1. The lowest BCUT2D eigenvalue weighted by Crippen LogP contribution is -2.20. The summed E-state index contributed by atoms with van der Waals surface area (Å²) >= 11 is 5.20. The molecule has 2 heterocycles. The Morgan fingerprint density at radius 1 is 1.31 bits per heavy atom. The highest BCUT2D eigenvalue weighted by Gasteiger charge is 2.17. The summed E-state index contributed by atoms with van der Waals surface area (Å²) in [5.74, 6) is 0.798. The summed E-state index contributed by atoms with van der Waals surface area (Å²) in [6.07, 6.45) is 3.68. The van der Waals surface area contributed by atoms with E-state index in [2.05, 4.69) is 42.0 Å². The van der Waals surface area contributed by atoms with Crippen LogP contribution in [0.15, 0.2) is 27.6 Å². The maximum Gasteiger partial charge on any atom is 0.149 e. The number of nitrogens with zero attached hydrogens (tertiary/aromatic N) is 2. The van der Waals surface area contributed by atoms with Crippen molar-refractivity contribution < 1.29 is 0 Å². The second-order valence-corrected chi connectivity index (χ2v) is 5.11. The summed E-state index contributed by atoms with van der Waals surface area (Å²) in [6.45, 7) is 1.98. The zero-order valence-corrected chi connectivity index (χ0v) is 11.5. The number of nitrogens with one attached hydrogen (secondary N) is 1. The van der Waals surface area contributed by atoms with Crippen LogP contribution in [0, 0.1) is 6.92 Å². The van der Waals surface area contributed by atoms with Crippen molar-refractivity contribution in [2.45, 2.75) is 13.0 Å². The van der Waals surface area contributed by atoms with Crippen LogP contribution in [0.1, 0.15) is 23.0 Å². The van der Waals surface area contributed by atoms with Crippen LogP contribution in [0.4, 0.5) is 0 Å². The van der Waals surface area contributed by atoms with Gasteiger partial charge in [0.2, 0.25) is 0 Å². The first-order chi connectivity index (χ1) is 7.72. The van der Waals surface area contributed by atoms with Crippen molar-refractivity contribution in [2.24, 2.45) is 0 Å². The van der Waals surface area contributed by atoms with Gasteiger partial charge in [-0.15, -0.1) is 0 Å². The van der Waals surface area contributed by atoms with Gasteiger partial charge in [0.15, 0.2) is 0 Å². The van der Waals surface area contributed by atoms with Crippen molar-refractivity contribution >= 4 is 27.3 Å². The lowest BCUT2D eigenvalue weighted by molar-refractivity contribution is 0.645. The molecule has 84 valence electrons. The van der Waals surface area contributed by atoms with Crippen molar-refractivity contribution in [3.63, 3.8) is 0 Å². The molecule has 0 bridgehead atoms. The Morgan fingerprint density at radius 3 is 2.50 bits per heavy atom. The molecular weight excluding hydrogens is 286 g/mol. The molecule has 0 aliphatic carbocycles. The molecule has 0 aliphatic heterocycles. The molecule has 0 aromatic carbocycles.